The first-order valence-electron chi connectivity index (χ1n) is 8.96. The van der Waals surface area contributed by atoms with Gasteiger partial charge in [0.1, 0.15) is 12.1 Å². The molecular weight excluding hydrogens is 342 g/mol. The number of aliphatic carboxylic acids is 1. The first-order valence-corrected chi connectivity index (χ1v) is 8.96. The Bertz CT molecular complexity index is 831. The maximum absolute atomic E-state index is 11.7. The van der Waals surface area contributed by atoms with Gasteiger partial charge < -0.3 is 15.6 Å². The Morgan fingerprint density at radius 1 is 1.15 bits per heavy atom. The number of piperidine rings is 1. The molecule has 1 aliphatic rings. The predicted molar refractivity (Wildman–Crippen MR) is 104 cm³/mol. The lowest BCUT2D eigenvalue weighted by Gasteiger charge is -2.34. The molecule has 1 aliphatic heterocycles. The number of aldehydes is 1. The maximum Gasteiger partial charge on any atom is 0.307 e. The van der Waals surface area contributed by atoms with E-state index in [-0.39, 0.29) is 5.84 Å². The Labute approximate surface area is 158 Å². The highest BCUT2D eigenvalue weighted by atomic mass is 16.4. The highest BCUT2D eigenvalue weighted by Gasteiger charge is 2.30. The Kier molecular flexibility index (Phi) is 5.66. The SMILES string of the molecule is N=C(N)c1ccc(-c2ccc(C(C=O)N3CCCC(C(=O)O)C3)cc2)cc1. The van der Waals surface area contributed by atoms with Gasteiger partial charge in [-0.2, -0.15) is 0 Å². The van der Waals surface area contributed by atoms with E-state index in [1.807, 2.05) is 41.3 Å². The van der Waals surface area contributed by atoms with E-state index in [2.05, 4.69) is 0 Å². The molecule has 2 unspecified atom stereocenters. The number of carbonyl (C=O) groups excluding carboxylic acids is 1. The zero-order valence-corrected chi connectivity index (χ0v) is 15.0. The Morgan fingerprint density at radius 3 is 2.26 bits per heavy atom. The molecule has 0 radical (unpaired) electrons. The Morgan fingerprint density at radius 2 is 1.74 bits per heavy atom. The lowest BCUT2D eigenvalue weighted by atomic mass is 9.94. The Balaban J connectivity index is 1.77. The van der Waals surface area contributed by atoms with Crippen molar-refractivity contribution in [3.8, 4) is 11.1 Å². The molecule has 1 fully saturated rings. The second-order valence-electron chi connectivity index (χ2n) is 6.87. The van der Waals surface area contributed by atoms with Gasteiger partial charge in [-0.1, -0.05) is 48.5 Å². The number of nitrogens with two attached hydrogens (primary N) is 1. The van der Waals surface area contributed by atoms with E-state index >= 15 is 0 Å². The number of hydrogen-bond donors (Lipinski definition) is 3. The molecular formula is C21H23N3O3. The highest BCUT2D eigenvalue weighted by molar-refractivity contribution is 5.95. The Hall–Kier alpha value is -2.99. The van der Waals surface area contributed by atoms with E-state index in [4.69, 9.17) is 11.1 Å². The largest absolute Gasteiger partial charge is 0.481 e. The number of rotatable bonds is 6. The van der Waals surface area contributed by atoms with Crippen LogP contribution in [-0.2, 0) is 9.59 Å². The third-order valence-electron chi connectivity index (χ3n) is 5.11. The van der Waals surface area contributed by atoms with Crippen LogP contribution < -0.4 is 5.73 Å². The summed E-state index contributed by atoms with van der Waals surface area (Å²) >= 11 is 0. The lowest BCUT2D eigenvalue weighted by Crippen LogP contribution is -2.41. The molecule has 6 nitrogen and oxygen atoms in total. The van der Waals surface area contributed by atoms with E-state index in [1.165, 1.54) is 0 Å². The van der Waals surface area contributed by atoms with Crippen LogP contribution >= 0.6 is 0 Å². The van der Waals surface area contributed by atoms with Crippen LogP contribution in [0.25, 0.3) is 11.1 Å². The number of nitrogens with zero attached hydrogens (tertiary/aromatic N) is 1. The summed E-state index contributed by atoms with van der Waals surface area (Å²) in [6.07, 6.45) is 2.33. The molecule has 1 heterocycles. The molecule has 1 saturated heterocycles. The van der Waals surface area contributed by atoms with Crippen molar-refractivity contribution in [1.82, 2.24) is 4.90 Å². The van der Waals surface area contributed by atoms with E-state index < -0.39 is 17.9 Å². The monoisotopic (exact) mass is 365 g/mol. The molecule has 3 rings (SSSR count). The van der Waals surface area contributed by atoms with Crippen molar-refractivity contribution in [2.24, 2.45) is 11.7 Å². The van der Waals surface area contributed by atoms with Gasteiger partial charge in [0.25, 0.3) is 0 Å². The van der Waals surface area contributed by atoms with E-state index in [0.717, 1.165) is 35.9 Å². The van der Waals surface area contributed by atoms with Crippen molar-refractivity contribution < 1.29 is 14.7 Å². The van der Waals surface area contributed by atoms with E-state index in [0.29, 0.717) is 18.5 Å². The van der Waals surface area contributed by atoms with Crippen molar-refractivity contribution >= 4 is 18.1 Å². The quantitative estimate of drug-likeness (QED) is 0.414. The first kappa shape index (κ1) is 18.8. The summed E-state index contributed by atoms with van der Waals surface area (Å²) in [4.78, 5) is 24.9. The van der Waals surface area contributed by atoms with Gasteiger partial charge in [0.05, 0.1) is 12.0 Å². The first-order chi connectivity index (χ1) is 13.0. The molecule has 0 aromatic heterocycles. The minimum Gasteiger partial charge on any atom is -0.481 e. The van der Waals surface area contributed by atoms with Gasteiger partial charge in [-0.25, -0.2) is 0 Å². The van der Waals surface area contributed by atoms with Gasteiger partial charge in [0.2, 0.25) is 0 Å². The molecule has 0 amide bonds. The minimum atomic E-state index is -0.797. The summed E-state index contributed by atoms with van der Waals surface area (Å²) in [5.74, 6) is -1.18. The molecule has 0 spiro atoms. The van der Waals surface area contributed by atoms with Gasteiger partial charge in [-0.3, -0.25) is 15.1 Å². The predicted octanol–water partition coefficient (Wildman–Crippen LogP) is 2.67. The third-order valence-corrected chi connectivity index (χ3v) is 5.11. The van der Waals surface area contributed by atoms with Crippen molar-refractivity contribution in [3.63, 3.8) is 0 Å². The van der Waals surface area contributed by atoms with Crippen LogP contribution in [0.3, 0.4) is 0 Å². The number of carboxylic acids is 1. The summed E-state index contributed by atoms with van der Waals surface area (Å²) in [5, 5.41) is 16.7. The lowest BCUT2D eigenvalue weighted by molar-refractivity contribution is -0.144. The summed E-state index contributed by atoms with van der Waals surface area (Å²) in [6.45, 7) is 1.12. The van der Waals surface area contributed by atoms with E-state index in [1.54, 1.807) is 12.1 Å². The molecule has 2 aromatic rings. The van der Waals surface area contributed by atoms with Crippen LogP contribution in [0.4, 0.5) is 0 Å². The number of amidine groups is 1. The zero-order chi connectivity index (χ0) is 19.4. The number of nitrogens with one attached hydrogen (secondary N) is 1. The molecule has 2 aromatic carbocycles. The number of carbonyl (C=O) groups is 2. The second-order valence-corrected chi connectivity index (χ2v) is 6.87. The van der Waals surface area contributed by atoms with Gasteiger partial charge in [0.15, 0.2) is 0 Å². The van der Waals surface area contributed by atoms with Crippen molar-refractivity contribution in [2.75, 3.05) is 13.1 Å². The number of carboxylic acid groups (broad SMARTS) is 1. The maximum atomic E-state index is 11.7. The summed E-state index contributed by atoms with van der Waals surface area (Å²) in [6, 6.07) is 14.7. The van der Waals surface area contributed by atoms with Gasteiger partial charge >= 0.3 is 5.97 Å². The average molecular weight is 365 g/mol. The standard InChI is InChI=1S/C21H23N3O3/c22-20(23)17-9-5-15(6-10-17)14-3-7-16(8-4-14)19(13-25)24-11-1-2-18(12-24)21(26)27/h3-10,13,18-19H,1-2,11-12H2,(H3,22,23)(H,26,27). The van der Waals surface area contributed by atoms with Gasteiger partial charge in [-0.05, 0) is 36.1 Å². The fourth-order valence-corrected chi connectivity index (χ4v) is 3.55. The minimum absolute atomic E-state index is 0.0342. The molecule has 27 heavy (non-hydrogen) atoms. The molecule has 140 valence electrons. The molecule has 0 bridgehead atoms. The molecule has 6 heteroatoms. The normalized spacial score (nSPS) is 18.6. The fraction of sp³-hybridized carbons (Fsp3) is 0.286. The number of benzene rings is 2. The smallest absolute Gasteiger partial charge is 0.307 e. The molecule has 0 saturated carbocycles. The van der Waals surface area contributed by atoms with Gasteiger partial charge in [0, 0.05) is 12.1 Å². The molecule has 0 aliphatic carbocycles. The highest BCUT2D eigenvalue weighted by Crippen LogP contribution is 2.28. The molecule has 2 atom stereocenters. The summed E-state index contributed by atoms with van der Waals surface area (Å²) in [7, 11) is 0. The topological polar surface area (TPSA) is 107 Å². The molecule has 4 N–H and O–H groups in total. The van der Waals surface area contributed by atoms with Crippen LogP contribution in [-0.4, -0.2) is 41.2 Å². The van der Waals surface area contributed by atoms with Gasteiger partial charge in [-0.15, -0.1) is 0 Å². The zero-order valence-electron chi connectivity index (χ0n) is 15.0. The second kappa shape index (κ2) is 8.14. The van der Waals surface area contributed by atoms with Crippen LogP contribution in [0.5, 0.6) is 0 Å². The van der Waals surface area contributed by atoms with E-state index in [9.17, 15) is 14.7 Å². The van der Waals surface area contributed by atoms with Crippen molar-refractivity contribution in [3.05, 3.63) is 59.7 Å². The van der Waals surface area contributed by atoms with Crippen LogP contribution in [0.2, 0.25) is 0 Å². The average Bonchev–Trinajstić information content (AvgIpc) is 2.69. The third kappa shape index (κ3) is 4.23. The number of likely N-dealkylation sites (tertiary alicyclic amines) is 1. The number of hydrogen-bond acceptors (Lipinski definition) is 4. The van der Waals surface area contributed by atoms with Crippen LogP contribution in [0, 0.1) is 11.3 Å². The van der Waals surface area contributed by atoms with Crippen molar-refractivity contribution in [2.45, 2.75) is 18.9 Å². The number of nitrogen functional groups attached to an aromatic ring is 1. The summed E-state index contributed by atoms with van der Waals surface area (Å²) in [5.41, 5.74) is 9.01. The fourth-order valence-electron chi connectivity index (χ4n) is 3.55. The van der Waals surface area contributed by atoms with Crippen molar-refractivity contribution in [1.29, 1.82) is 5.41 Å². The summed E-state index contributed by atoms with van der Waals surface area (Å²) < 4.78 is 0. The van der Waals surface area contributed by atoms with Crippen LogP contribution in [0.1, 0.15) is 30.0 Å². The van der Waals surface area contributed by atoms with Crippen LogP contribution in [0.15, 0.2) is 48.5 Å².